The van der Waals surface area contributed by atoms with Gasteiger partial charge in [0.05, 0.1) is 5.92 Å². The first-order valence-electron chi connectivity index (χ1n) is 7.11. The molecular formula is C15H20F4N2. The lowest BCUT2D eigenvalue weighted by Crippen LogP contribution is -2.38. The quantitative estimate of drug-likeness (QED) is 0.503. The molecule has 3 N–H and O–H groups in total. The molecule has 0 aliphatic heterocycles. The predicted octanol–water partition coefficient (Wildman–Crippen LogP) is 4.01. The summed E-state index contributed by atoms with van der Waals surface area (Å²) in [4.78, 5) is 0. The maximum atomic E-state index is 13.5. The van der Waals surface area contributed by atoms with E-state index in [-0.39, 0.29) is 18.8 Å². The highest BCUT2D eigenvalue weighted by molar-refractivity contribution is 5.26. The molecule has 1 aliphatic rings. The van der Waals surface area contributed by atoms with Crippen LogP contribution in [0.5, 0.6) is 0 Å². The molecule has 1 aromatic carbocycles. The van der Waals surface area contributed by atoms with E-state index >= 15 is 0 Å². The van der Waals surface area contributed by atoms with Crippen molar-refractivity contribution in [2.75, 3.05) is 0 Å². The van der Waals surface area contributed by atoms with Gasteiger partial charge >= 0.3 is 6.18 Å². The van der Waals surface area contributed by atoms with E-state index in [0.29, 0.717) is 18.4 Å². The fraction of sp³-hybridized carbons (Fsp3) is 0.600. The van der Waals surface area contributed by atoms with Crippen LogP contribution >= 0.6 is 0 Å². The first-order valence-corrected chi connectivity index (χ1v) is 7.11. The molecule has 3 unspecified atom stereocenters. The first kappa shape index (κ1) is 16.2. The van der Waals surface area contributed by atoms with Crippen molar-refractivity contribution < 1.29 is 17.6 Å². The van der Waals surface area contributed by atoms with Gasteiger partial charge in [-0.15, -0.1) is 0 Å². The van der Waals surface area contributed by atoms with E-state index in [0.717, 1.165) is 5.56 Å². The van der Waals surface area contributed by atoms with Gasteiger partial charge in [-0.1, -0.05) is 12.5 Å². The molecule has 2 rings (SSSR count). The molecule has 21 heavy (non-hydrogen) atoms. The molecule has 118 valence electrons. The average Bonchev–Trinajstić information content (AvgIpc) is 2.38. The summed E-state index contributed by atoms with van der Waals surface area (Å²) in [6.07, 6.45) is -2.79. The van der Waals surface area contributed by atoms with Crippen molar-refractivity contribution in [1.29, 1.82) is 0 Å². The number of rotatable bonds is 3. The van der Waals surface area contributed by atoms with Crippen molar-refractivity contribution in [2.24, 2.45) is 17.7 Å². The Hall–Kier alpha value is -1.14. The van der Waals surface area contributed by atoms with Gasteiger partial charge in [0, 0.05) is 6.04 Å². The summed E-state index contributed by atoms with van der Waals surface area (Å²) in [5.41, 5.74) is 3.92. The molecular weight excluding hydrogens is 284 g/mol. The highest BCUT2D eigenvalue weighted by Gasteiger charge is 2.43. The Morgan fingerprint density at radius 3 is 2.52 bits per heavy atom. The molecule has 3 atom stereocenters. The minimum Gasteiger partial charge on any atom is -0.271 e. The largest absolute Gasteiger partial charge is 0.391 e. The summed E-state index contributed by atoms with van der Waals surface area (Å²) < 4.78 is 52.2. The fourth-order valence-electron chi connectivity index (χ4n) is 3.28. The summed E-state index contributed by atoms with van der Waals surface area (Å²) in [5, 5.41) is 0. The monoisotopic (exact) mass is 304 g/mol. The van der Waals surface area contributed by atoms with Crippen LogP contribution in [0.2, 0.25) is 0 Å². The SMILES string of the molecule is Cc1cc(F)cc(C(NN)C2CCCC(C(F)(F)F)C2)c1. The summed E-state index contributed by atoms with van der Waals surface area (Å²) in [6, 6.07) is 4.04. The Morgan fingerprint density at radius 1 is 1.24 bits per heavy atom. The van der Waals surface area contributed by atoms with Crippen molar-refractivity contribution >= 4 is 0 Å². The Labute approximate surface area is 121 Å². The van der Waals surface area contributed by atoms with Crippen LogP contribution in [0, 0.1) is 24.6 Å². The summed E-state index contributed by atoms with van der Waals surface area (Å²) >= 11 is 0. The Balaban J connectivity index is 2.20. The number of nitrogens with one attached hydrogen (secondary N) is 1. The molecule has 1 aliphatic carbocycles. The zero-order valence-electron chi connectivity index (χ0n) is 11.9. The summed E-state index contributed by atoms with van der Waals surface area (Å²) in [7, 11) is 0. The molecule has 1 saturated carbocycles. The van der Waals surface area contributed by atoms with E-state index in [2.05, 4.69) is 5.43 Å². The van der Waals surface area contributed by atoms with E-state index < -0.39 is 24.0 Å². The van der Waals surface area contributed by atoms with Crippen molar-refractivity contribution in [3.8, 4) is 0 Å². The fourth-order valence-corrected chi connectivity index (χ4v) is 3.28. The molecule has 0 aromatic heterocycles. The smallest absolute Gasteiger partial charge is 0.271 e. The summed E-state index contributed by atoms with van der Waals surface area (Å²) in [6.45, 7) is 1.75. The van der Waals surface area contributed by atoms with Gasteiger partial charge in [0.15, 0.2) is 0 Å². The van der Waals surface area contributed by atoms with E-state index in [1.54, 1.807) is 13.0 Å². The lowest BCUT2D eigenvalue weighted by atomic mass is 9.76. The maximum Gasteiger partial charge on any atom is 0.391 e. The minimum atomic E-state index is -4.17. The van der Waals surface area contributed by atoms with Crippen LogP contribution in [0.1, 0.15) is 42.9 Å². The topological polar surface area (TPSA) is 38.0 Å². The number of hydrogen-bond acceptors (Lipinski definition) is 2. The van der Waals surface area contributed by atoms with Gasteiger partial charge in [0.2, 0.25) is 0 Å². The highest BCUT2D eigenvalue weighted by atomic mass is 19.4. The second-order valence-electron chi connectivity index (χ2n) is 5.87. The molecule has 0 radical (unpaired) electrons. The Bertz CT molecular complexity index is 467. The minimum absolute atomic E-state index is 0.0356. The van der Waals surface area contributed by atoms with Crippen LogP contribution in [0.25, 0.3) is 0 Å². The molecule has 0 amide bonds. The lowest BCUT2D eigenvalue weighted by Gasteiger charge is -2.35. The number of hydrazine groups is 1. The molecule has 6 heteroatoms. The van der Waals surface area contributed by atoms with Crippen molar-refractivity contribution in [3.05, 3.63) is 35.1 Å². The zero-order chi connectivity index (χ0) is 15.6. The van der Waals surface area contributed by atoms with Crippen molar-refractivity contribution in [1.82, 2.24) is 5.43 Å². The van der Waals surface area contributed by atoms with Crippen molar-refractivity contribution in [2.45, 2.75) is 44.8 Å². The number of aryl methyl sites for hydroxylation is 1. The van der Waals surface area contributed by atoms with Crippen LogP contribution in [0.4, 0.5) is 17.6 Å². The third-order valence-corrected chi connectivity index (χ3v) is 4.25. The predicted molar refractivity (Wildman–Crippen MR) is 72.7 cm³/mol. The number of alkyl halides is 3. The van der Waals surface area contributed by atoms with Gasteiger partial charge in [0.25, 0.3) is 0 Å². The Kier molecular flexibility index (Phi) is 4.88. The van der Waals surface area contributed by atoms with E-state index in [4.69, 9.17) is 5.84 Å². The third-order valence-electron chi connectivity index (χ3n) is 4.25. The number of halogens is 4. The van der Waals surface area contributed by atoms with Crippen LogP contribution in [-0.4, -0.2) is 6.18 Å². The van der Waals surface area contributed by atoms with Crippen LogP contribution in [0.3, 0.4) is 0 Å². The molecule has 1 aromatic rings. The van der Waals surface area contributed by atoms with Crippen LogP contribution < -0.4 is 11.3 Å². The second kappa shape index (κ2) is 6.32. The molecule has 0 bridgehead atoms. The molecule has 0 spiro atoms. The van der Waals surface area contributed by atoms with Crippen LogP contribution in [-0.2, 0) is 0 Å². The molecule has 2 nitrogen and oxygen atoms in total. The standard InChI is InChI=1S/C15H20F4N2/c1-9-5-11(8-13(16)6-9)14(21-20)10-3-2-4-12(7-10)15(17,18)19/h5-6,8,10,12,14,21H,2-4,7,20H2,1H3. The average molecular weight is 304 g/mol. The highest BCUT2D eigenvalue weighted by Crippen LogP contribution is 2.43. The molecule has 1 fully saturated rings. The van der Waals surface area contributed by atoms with E-state index in [1.807, 2.05) is 0 Å². The lowest BCUT2D eigenvalue weighted by molar-refractivity contribution is -0.186. The van der Waals surface area contributed by atoms with Gasteiger partial charge < -0.3 is 0 Å². The van der Waals surface area contributed by atoms with Gasteiger partial charge in [-0.2, -0.15) is 13.2 Å². The van der Waals surface area contributed by atoms with Gasteiger partial charge in [-0.25, -0.2) is 4.39 Å². The third kappa shape index (κ3) is 3.95. The normalized spacial score (nSPS) is 24.9. The van der Waals surface area contributed by atoms with E-state index in [1.165, 1.54) is 12.1 Å². The van der Waals surface area contributed by atoms with Gasteiger partial charge in [0.1, 0.15) is 5.82 Å². The van der Waals surface area contributed by atoms with Gasteiger partial charge in [-0.05, 0) is 55.4 Å². The van der Waals surface area contributed by atoms with E-state index in [9.17, 15) is 17.6 Å². The molecule has 0 saturated heterocycles. The molecule has 0 heterocycles. The maximum absolute atomic E-state index is 13.5. The van der Waals surface area contributed by atoms with Crippen molar-refractivity contribution in [3.63, 3.8) is 0 Å². The zero-order valence-corrected chi connectivity index (χ0v) is 11.9. The summed E-state index contributed by atoms with van der Waals surface area (Å²) in [5.74, 6) is 3.61. The van der Waals surface area contributed by atoms with Crippen LogP contribution in [0.15, 0.2) is 18.2 Å². The number of nitrogens with two attached hydrogens (primary N) is 1. The number of benzene rings is 1. The number of hydrogen-bond donors (Lipinski definition) is 2. The van der Waals surface area contributed by atoms with Gasteiger partial charge in [-0.3, -0.25) is 11.3 Å². The second-order valence-corrected chi connectivity index (χ2v) is 5.87. The first-order chi connectivity index (χ1) is 9.81. The Morgan fingerprint density at radius 2 is 1.95 bits per heavy atom.